The number of benzene rings is 1. The molecule has 19 heavy (non-hydrogen) atoms. The molecule has 0 aliphatic carbocycles. The highest BCUT2D eigenvalue weighted by molar-refractivity contribution is 5.71. The average Bonchev–Trinajstić information content (AvgIpc) is 2.89. The van der Waals surface area contributed by atoms with Gasteiger partial charge < -0.3 is 14.9 Å². The Hall–Kier alpha value is -2.49. The number of aromatic nitrogens is 2. The smallest absolute Gasteiger partial charge is 0.160 e. The van der Waals surface area contributed by atoms with Crippen LogP contribution in [0.4, 0.5) is 5.69 Å². The molecule has 0 unspecified atom stereocenters. The molecule has 0 saturated heterocycles. The highest BCUT2D eigenvalue weighted by atomic mass is 16.5. The van der Waals surface area contributed by atoms with Gasteiger partial charge >= 0.3 is 0 Å². The molecule has 4 nitrogen and oxygen atoms in total. The van der Waals surface area contributed by atoms with Crippen molar-refractivity contribution in [1.29, 1.82) is 0 Å². The number of fused-ring (bicyclic) bond motifs is 1. The summed E-state index contributed by atoms with van der Waals surface area (Å²) in [6, 6.07) is 11.7. The van der Waals surface area contributed by atoms with E-state index in [0.29, 0.717) is 5.69 Å². The van der Waals surface area contributed by atoms with Crippen molar-refractivity contribution < 1.29 is 4.74 Å². The number of rotatable bonds is 2. The fourth-order valence-electron chi connectivity index (χ4n) is 2.14. The highest BCUT2D eigenvalue weighted by Gasteiger charge is 2.08. The van der Waals surface area contributed by atoms with E-state index >= 15 is 0 Å². The molecule has 0 amide bonds. The number of nitrogens with zero attached hydrogens (tertiary/aromatic N) is 2. The maximum Gasteiger partial charge on any atom is 0.160 e. The quantitative estimate of drug-likeness (QED) is 0.764. The van der Waals surface area contributed by atoms with Crippen LogP contribution < -0.4 is 10.5 Å². The number of imidazole rings is 1. The number of anilines is 1. The van der Waals surface area contributed by atoms with Crippen LogP contribution in [0.2, 0.25) is 0 Å². The minimum atomic E-state index is 0.680. The molecule has 0 radical (unpaired) electrons. The van der Waals surface area contributed by atoms with E-state index in [0.717, 1.165) is 28.3 Å². The van der Waals surface area contributed by atoms with Crippen molar-refractivity contribution in [3.8, 4) is 17.0 Å². The Bertz CT molecular complexity index is 707. The lowest BCUT2D eigenvalue weighted by molar-refractivity contribution is 0.415. The van der Waals surface area contributed by atoms with Crippen LogP contribution in [0.15, 0.2) is 42.6 Å². The van der Waals surface area contributed by atoms with Gasteiger partial charge in [0.15, 0.2) is 5.65 Å². The fraction of sp³-hybridized carbons (Fsp3) is 0.133. The first-order valence-corrected chi connectivity index (χ1v) is 6.07. The van der Waals surface area contributed by atoms with Crippen molar-refractivity contribution in [2.45, 2.75) is 6.92 Å². The summed E-state index contributed by atoms with van der Waals surface area (Å²) in [6.07, 6.45) is 2.00. The summed E-state index contributed by atoms with van der Waals surface area (Å²) in [5.41, 5.74) is 10.4. The molecule has 0 spiro atoms. The largest absolute Gasteiger partial charge is 0.497 e. The summed E-state index contributed by atoms with van der Waals surface area (Å²) in [6.45, 7) is 2.03. The third-order valence-corrected chi connectivity index (χ3v) is 3.21. The van der Waals surface area contributed by atoms with Gasteiger partial charge in [0.25, 0.3) is 0 Å². The maximum absolute atomic E-state index is 5.96. The van der Waals surface area contributed by atoms with Crippen LogP contribution in [0.3, 0.4) is 0 Å². The molecule has 3 rings (SSSR count). The number of nitrogens with two attached hydrogens (primary N) is 1. The van der Waals surface area contributed by atoms with Gasteiger partial charge in [-0.05, 0) is 31.2 Å². The third-order valence-electron chi connectivity index (χ3n) is 3.21. The first-order valence-electron chi connectivity index (χ1n) is 6.07. The van der Waals surface area contributed by atoms with Crippen LogP contribution in [-0.2, 0) is 0 Å². The van der Waals surface area contributed by atoms with Crippen molar-refractivity contribution >= 4 is 11.3 Å². The topological polar surface area (TPSA) is 52.5 Å². The zero-order valence-electron chi connectivity index (χ0n) is 10.9. The van der Waals surface area contributed by atoms with Gasteiger partial charge in [0.05, 0.1) is 18.5 Å². The van der Waals surface area contributed by atoms with Gasteiger partial charge in [-0.2, -0.15) is 0 Å². The zero-order valence-corrected chi connectivity index (χ0v) is 10.9. The van der Waals surface area contributed by atoms with Crippen molar-refractivity contribution in [3.63, 3.8) is 0 Å². The number of ether oxygens (including phenoxy) is 1. The molecule has 4 heteroatoms. The molecule has 0 saturated carbocycles. The zero-order chi connectivity index (χ0) is 13.4. The number of hydrogen-bond donors (Lipinski definition) is 1. The summed E-state index contributed by atoms with van der Waals surface area (Å²) in [7, 11) is 1.66. The van der Waals surface area contributed by atoms with Crippen LogP contribution in [0.5, 0.6) is 5.75 Å². The van der Waals surface area contributed by atoms with E-state index in [4.69, 9.17) is 10.5 Å². The molecule has 0 aliphatic rings. The van der Waals surface area contributed by atoms with Crippen molar-refractivity contribution in [1.82, 2.24) is 9.38 Å². The average molecular weight is 253 g/mol. The number of aryl methyl sites for hydroxylation is 1. The molecular formula is C15H15N3O. The van der Waals surface area contributed by atoms with E-state index in [2.05, 4.69) is 4.98 Å². The van der Waals surface area contributed by atoms with Gasteiger partial charge in [-0.25, -0.2) is 4.98 Å². The molecule has 1 aromatic carbocycles. The van der Waals surface area contributed by atoms with Crippen LogP contribution in [0.1, 0.15) is 5.69 Å². The molecule has 0 atom stereocenters. The normalized spacial score (nSPS) is 10.8. The molecule has 2 N–H and O–H groups in total. The number of methoxy groups -OCH3 is 1. The van der Waals surface area contributed by atoms with E-state index in [1.54, 1.807) is 7.11 Å². The van der Waals surface area contributed by atoms with E-state index < -0.39 is 0 Å². The monoisotopic (exact) mass is 253 g/mol. The van der Waals surface area contributed by atoms with Gasteiger partial charge in [-0.1, -0.05) is 12.1 Å². The molecule has 3 aromatic rings. The lowest BCUT2D eigenvalue weighted by atomic mass is 10.1. The van der Waals surface area contributed by atoms with Crippen LogP contribution in [-0.4, -0.2) is 16.5 Å². The maximum atomic E-state index is 5.96. The Morgan fingerprint density at radius 3 is 2.79 bits per heavy atom. The second-order valence-electron chi connectivity index (χ2n) is 4.48. The molecule has 96 valence electrons. The molecule has 2 heterocycles. The standard InChI is InChI=1S/C15H15N3O/c1-10-6-7-13(16)15-17-14(9-18(10)15)11-4-3-5-12(8-11)19-2/h3-9H,16H2,1-2H3. The van der Waals surface area contributed by atoms with Gasteiger partial charge in [-0.3, -0.25) is 0 Å². The SMILES string of the molecule is COc1cccc(-c2cn3c(C)ccc(N)c3n2)c1. The van der Waals surface area contributed by atoms with Gasteiger partial charge in [0.2, 0.25) is 0 Å². The predicted molar refractivity (Wildman–Crippen MR) is 76.3 cm³/mol. The van der Waals surface area contributed by atoms with Crippen LogP contribution in [0.25, 0.3) is 16.9 Å². The van der Waals surface area contributed by atoms with Crippen molar-refractivity contribution in [2.75, 3.05) is 12.8 Å². The first kappa shape index (κ1) is 11.6. The van der Waals surface area contributed by atoms with Crippen LogP contribution in [0, 0.1) is 6.92 Å². The lowest BCUT2D eigenvalue weighted by Gasteiger charge is -2.01. The highest BCUT2D eigenvalue weighted by Crippen LogP contribution is 2.25. The Kier molecular flexibility index (Phi) is 2.63. The summed E-state index contributed by atoms with van der Waals surface area (Å²) >= 11 is 0. The van der Waals surface area contributed by atoms with Gasteiger partial charge in [0, 0.05) is 17.5 Å². The molecule has 2 aromatic heterocycles. The minimum Gasteiger partial charge on any atom is -0.497 e. The molecule has 0 aliphatic heterocycles. The summed E-state index contributed by atoms with van der Waals surface area (Å²) in [5, 5.41) is 0. The molecule has 0 bridgehead atoms. The Labute approximate surface area is 111 Å². The van der Waals surface area contributed by atoms with Crippen molar-refractivity contribution in [2.24, 2.45) is 0 Å². The second kappa shape index (κ2) is 4.31. The van der Waals surface area contributed by atoms with E-state index in [9.17, 15) is 0 Å². The number of hydrogen-bond acceptors (Lipinski definition) is 3. The Morgan fingerprint density at radius 1 is 1.21 bits per heavy atom. The minimum absolute atomic E-state index is 0.680. The van der Waals surface area contributed by atoms with E-state index in [-0.39, 0.29) is 0 Å². The van der Waals surface area contributed by atoms with E-state index in [1.807, 2.05) is 53.9 Å². The van der Waals surface area contributed by atoms with Gasteiger partial charge in [0.1, 0.15) is 5.75 Å². The predicted octanol–water partition coefficient (Wildman–Crippen LogP) is 2.90. The first-order chi connectivity index (χ1) is 9.19. The van der Waals surface area contributed by atoms with Gasteiger partial charge in [-0.15, -0.1) is 0 Å². The van der Waals surface area contributed by atoms with E-state index in [1.165, 1.54) is 0 Å². The second-order valence-corrected chi connectivity index (χ2v) is 4.48. The lowest BCUT2D eigenvalue weighted by Crippen LogP contribution is -1.94. The third kappa shape index (κ3) is 1.91. The van der Waals surface area contributed by atoms with Crippen LogP contribution >= 0.6 is 0 Å². The molecular weight excluding hydrogens is 238 g/mol. The summed E-state index contributed by atoms with van der Waals surface area (Å²) in [5.74, 6) is 0.819. The summed E-state index contributed by atoms with van der Waals surface area (Å²) in [4.78, 5) is 4.60. The fourth-order valence-corrected chi connectivity index (χ4v) is 2.14. The Morgan fingerprint density at radius 2 is 2.05 bits per heavy atom. The number of nitrogen functional groups attached to an aromatic ring is 1. The Balaban J connectivity index is 2.20. The number of pyridine rings is 1. The molecule has 0 fully saturated rings. The summed E-state index contributed by atoms with van der Waals surface area (Å²) < 4.78 is 7.24. The van der Waals surface area contributed by atoms with Crippen molar-refractivity contribution in [3.05, 3.63) is 48.3 Å².